The molecular weight excluding hydrogens is 468 g/mol. The lowest BCUT2D eigenvalue weighted by Crippen LogP contribution is -2.39. The standard InChI is InChI=1S/C26H30N6O3.C2H6/c1-6-16(2)32-22-20(11-19(13-27)23(32)33)14-28-24(30-22)29-21-8-7-18-15-31(10-9-17(18)12-21)25(34)35-26(3,4)5;1-2/h7-8,11-12,14,16H,6,9-10,15H2,1-5H3,(H,28,29,30);1-2H3. The number of carbonyl (C=O) groups is 1. The van der Waals surface area contributed by atoms with Gasteiger partial charge in [-0.2, -0.15) is 10.2 Å². The van der Waals surface area contributed by atoms with Crippen molar-refractivity contribution in [3.63, 3.8) is 0 Å². The van der Waals surface area contributed by atoms with E-state index in [0.717, 1.165) is 23.2 Å². The van der Waals surface area contributed by atoms with Crippen molar-refractivity contribution in [1.82, 2.24) is 19.4 Å². The first-order valence-corrected chi connectivity index (χ1v) is 12.8. The Hall–Kier alpha value is -3.93. The summed E-state index contributed by atoms with van der Waals surface area (Å²) in [7, 11) is 0. The average Bonchev–Trinajstić information content (AvgIpc) is 2.87. The Labute approximate surface area is 218 Å². The predicted molar refractivity (Wildman–Crippen MR) is 145 cm³/mol. The third-order valence-electron chi connectivity index (χ3n) is 6.05. The van der Waals surface area contributed by atoms with Crippen molar-refractivity contribution in [2.45, 2.75) is 79.5 Å². The number of rotatable bonds is 4. The maximum atomic E-state index is 12.8. The number of pyridine rings is 1. The van der Waals surface area contributed by atoms with Gasteiger partial charge in [0.25, 0.3) is 5.56 Å². The normalized spacial score (nSPS) is 13.6. The zero-order chi connectivity index (χ0) is 27.3. The van der Waals surface area contributed by atoms with Crippen molar-refractivity contribution in [1.29, 1.82) is 5.26 Å². The molecule has 1 atom stereocenters. The van der Waals surface area contributed by atoms with Gasteiger partial charge in [-0.3, -0.25) is 9.36 Å². The summed E-state index contributed by atoms with van der Waals surface area (Å²) in [6.07, 6.45) is 2.76. The van der Waals surface area contributed by atoms with Gasteiger partial charge in [0.15, 0.2) is 0 Å². The van der Waals surface area contributed by atoms with E-state index in [1.165, 1.54) is 6.07 Å². The zero-order valence-corrected chi connectivity index (χ0v) is 22.8. The number of hydrogen-bond acceptors (Lipinski definition) is 7. The molecule has 3 heterocycles. The molecule has 37 heavy (non-hydrogen) atoms. The summed E-state index contributed by atoms with van der Waals surface area (Å²) in [6.45, 7) is 14.6. The van der Waals surface area contributed by atoms with Crippen LogP contribution >= 0.6 is 0 Å². The smallest absolute Gasteiger partial charge is 0.410 e. The van der Waals surface area contributed by atoms with E-state index in [1.807, 2.05) is 72.7 Å². The Morgan fingerprint density at radius 3 is 2.62 bits per heavy atom. The van der Waals surface area contributed by atoms with E-state index in [1.54, 1.807) is 15.7 Å². The van der Waals surface area contributed by atoms with Gasteiger partial charge in [-0.15, -0.1) is 0 Å². The largest absolute Gasteiger partial charge is 0.444 e. The second-order valence-electron chi connectivity index (χ2n) is 9.84. The van der Waals surface area contributed by atoms with Crippen LogP contribution in [0, 0.1) is 11.3 Å². The van der Waals surface area contributed by atoms with Gasteiger partial charge in [-0.1, -0.05) is 26.8 Å². The Morgan fingerprint density at radius 2 is 1.97 bits per heavy atom. The number of fused-ring (bicyclic) bond motifs is 2. The first kappa shape index (κ1) is 27.7. The van der Waals surface area contributed by atoms with Crippen molar-refractivity contribution in [3.05, 3.63) is 57.5 Å². The molecule has 1 aliphatic rings. The van der Waals surface area contributed by atoms with Crippen LogP contribution in [0.1, 0.15) is 77.6 Å². The van der Waals surface area contributed by atoms with E-state index >= 15 is 0 Å². The van der Waals surface area contributed by atoms with E-state index in [9.17, 15) is 14.9 Å². The molecule has 0 saturated carbocycles. The topological polar surface area (TPSA) is 113 Å². The lowest BCUT2D eigenvalue weighted by molar-refractivity contribution is 0.0224. The molecule has 0 spiro atoms. The average molecular weight is 505 g/mol. The van der Waals surface area contributed by atoms with Crippen LogP contribution in [0.3, 0.4) is 0 Å². The van der Waals surface area contributed by atoms with Crippen LogP contribution in [-0.2, 0) is 17.7 Å². The number of carbonyl (C=O) groups excluding carboxylic acids is 1. The summed E-state index contributed by atoms with van der Waals surface area (Å²) < 4.78 is 7.07. The summed E-state index contributed by atoms with van der Waals surface area (Å²) in [5, 5.41) is 13.2. The second kappa shape index (κ2) is 11.4. The van der Waals surface area contributed by atoms with Crippen LogP contribution < -0.4 is 10.9 Å². The van der Waals surface area contributed by atoms with Gasteiger partial charge in [-0.25, -0.2) is 9.78 Å². The van der Waals surface area contributed by atoms with Gasteiger partial charge in [0.2, 0.25) is 5.95 Å². The van der Waals surface area contributed by atoms with Crippen LogP contribution in [0.2, 0.25) is 0 Å². The molecule has 9 heteroatoms. The summed E-state index contributed by atoms with van der Waals surface area (Å²) in [4.78, 5) is 36.0. The third-order valence-corrected chi connectivity index (χ3v) is 6.05. The molecule has 4 rings (SSSR count). The highest BCUT2D eigenvalue weighted by Gasteiger charge is 2.26. The van der Waals surface area contributed by atoms with Crippen LogP contribution in [0.4, 0.5) is 16.4 Å². The fourth-order valence-electron chi connectivity index (χ4n) is 4.09. The number of nitrogens with one attached hydrogen (secondary N) is 1. The SMILES string of the molecule is CC.CCC(C)n1c(=O)c(C#N)cc2cnc(Nc3ccc4c(c3)CCN(C(=O)OC(C)(C)C)C4)nc21. The minimum absolute atomic E-state index is 0.0808. The molecular formula is C28H36N6O3. The lowest BCUT2D eigenvalue weighted by atomic mass is 9.99. The molecule has 1 unspecified atom stereocenters. The Bertz CT molecular complexity index is 1380. The summed E-state index contributed by atoms with van der Waals surface area (Å²) in [5.74, 6) is 0.366. The van der Waals surface area contributed by atoms with Crippen molar-refractivity contribution in [2.75, 3.05) is 11.9 Å². The van der Waals surface area contributed by atoms with E-state index < -0.39 is 5.60 Å². The van der Waals surface area contributed by atoms with Gasteiger partial charge >= 0.3 is 6.09 Å². The highest BCUT2D eigenvalue weighted by Crippen LogP contribution is 2.26. The fourth-order valence-corrected chi connectivity index (χ4v) is 4.09. The van der Waals surface area contributed by atoms with Crippen LogP contribution in [0.5, 0.6) is 0 Å². The predicted octanol–water partition coefficient (Wildman–Crippen LogP) is 5.70. The number of nitrogens with zero attached hydrogens (tertiary/aromatic N) is 5. The minimum Gasteiger partial charge on any atom is -0.444 e. The molecule has 0 fully saturated rings. The number of amides is 1. The van der Waals surface area contributed by atoms with Crippen molar-refractivity contribution in [3.8, 4) is 6.07 Å². The molecule has 1 N–H and O–H groups in total. The summed E-state index contributed by atoms with van der Waals surface area (Å²) >= 11 is 0. The highest BCUT2D eigenvalue weighted by atomic mass is 16.6. The highest BCUT2D eigenvalue weighted by molar-refractivity contribution is 5.77. The van der Waals surface area contributed by atoms with Gasteiger partial charge in [-0.05, 0) is 69.9 Å². The number of anilines is 2. The zero-order valence-electron chi connectivity index (χ0n) is 22.8. The Balaban J connectivity index is 0.00000186. The summed E-state index contributed by atoms with van der Waals surface area (Å²) in [5.41, 5.74) is 2.74. The Morgan fingerprint density at radius 1 is 1.24 bits per heavy atom. The molecule has 3 aromatic rings. The molecule has 0 saturated heterocycles. The molecule has 2 aromatic heterocycles. The van der Waals surface area contributed by atoms with Crippen molar-refractivity contribution >= 4 is 28.8 Å². The van der Waals surface area contributed by atoms with Gasteiger partial charge in [0.05, 0.1) is 0 Å². The molecule has 0 bridgehead atoms. The molecule has 1 aliphatic heterocycles. The molecule has 0 radical (unpaired) electrons. The van der Waals surface area contributed by atoms with Gasteiger partial charge < -0.3 is 15.0 Å². The van der Waals surface area contributed by atoms with Crippen LogP contribution in [0.15, 0.2) is 35.3 Å². The maximum absolute atomic E-state index is 12.8. The molecule has 1 amide bonds. The van der Waals surface area contributed by atoms with Gasteiger partial charge in [0, 0.05) is 36.4 Å². The Kier molecular flexibility index (Phi) is 8.53. The maximum Gasteiger partial charge on any atom is 0.410 e. The number of ether oxygens (including phenoxy) is 1. The molecule has 196 valence electrons. The van der Waals surface area contributed by atoms with E-state index in [0.29, 0.717) is 36.5 Å². The fraction of sp³-hybridized carbons (Fsp3) is 0.464. The van der Waals surface area contributed by atoms with Crippen LogP contribution in [0.25, 0.3) is 11.0 Å². The molecule has 9 nitrogen and oxygen atoms in total. The third kappa shape index (κ3) is 6.26. The quantitative estimate of drug-likeness (QED) is 0.485. The number of aromatic nitrogens is 3. The van der Waals surface area contributed by atoms with E-state index in [4.69, 9.17) is 4.74 Å². The number of benzene rings is 1. The lowest BCUT2D eigenvalue weighted by Gasteiger charge is -2.31. The molecule has 0 aliphatic carbocycles. The van der Waals surface area contributed by atoms with Crippen molar-refractivity contribution in [2.24, 2.45) is 0 Å². The van der Waals surface area contributed by atoms with Crippen molar-refractivity contribution < 1.29 is 9.53 Å². The van der Waals surface area contributed by atoms with E-state index in [2.05, 4.69) is 15.3 Å². The first-order chi connectivity index (χ1) is 17.6. The summed E-state index contributed by atoms with van der Waals surface area (Å²) in [6, 6.07) is 9.35. The van der Waals surface area contributed by atoms with Gasteiger partial charge in [0.1, 0.15) is 22.9 Å². The first-order valence-electron chi connectivity index (χ1n) is 12.8. The minimum atomic E-state index is -0.527. The van der Waals surface area contributed by atoms with Crippen LogP contribution in [-0.4, -0.2) is 37.7 Å². The van der Waals surface area contributed by atoms with E-state index in [-0.39, 0.29) is 23.3 Å². The monoisotopic (exact) mass is 504 g/mol. The molecule has 1 aromatic carbocycles. The number of hydrogen-bond donors (Lipinski definition) is 1. The number of nitriles is 1. The second-order valence-corrected chi connectivity index (χ2v) is 9.84.